The Bertz CT molecular complexity index is 1030. The Hall–Kier alpha value is -0.0600. The second-order valence-corrected chi connectivity index (χ2v) is 13.3. The van der Waals surface area contributed by atoms with Crippen LogP contribution >= 0.6 is 63.4 Å². The van der Waals surface area contributed by atoms with E-state index in [0.717, 1.165) is 0 Å². The number of hydrogen-bond donors (Lipinski definition) is 5. The molecule has 0 saturated heterocycles. The largest absolute Gasteiger partial charge is 0.509 e. The average molecular weight is 575 g/mol. The van der Waals surface area contributed by atoms with E-state index in [1.54, 1.807) is 4.57 Å². The van der Waals surface area contributed by atoms with E-state index >= 15 is 0 Å². The van der Waals surface area contributed by atoms with Crippen molar-refractivity contribution in [2.75, 3.05) is 23.4 Å². The van der Waals surface area contributed by atoms with Gasteiger partial charge in [0, 0.05) is 11.5 Å². The minimum absolute atomic E-state index is 0.0453. The van der Waals surface area contributed by atoms with Crippen LogP contribution in [0, 0.1) is 11.3 Å². The van der Waals surface area contributed by atoms with Gasteiger partial charge in [-0.15, -0.1) is 4.52 Å². The number of anilines is 1. The topological polar surface area (TPSA) is 177 Å². The summed E-state index contributed by atoms with van der Waals surface area (Å²) < 4.78 is 38.2. The third kappa shape index (κ3) is 5.24. The van der Waals surface area contributed by atoms with Crippen molar-refractivity contribution in [2.45, 2.75) is 37.2 Å². The molecule has 2 fully saturated rings. The number of nitrogens with zero attached hydrogens (tertiary/aromatic N) is 4. The van der Waals surface area contributed by atoms with Gasteiger partial charge in [-0.05, 0) is 34.9 Å². The van der Waals surface area contributed by atoms with Crippen molar-refractivity contribution >= 4 is 80.3 Å². The third-order valence-corrected chi connectivity index (χ3v) is 10.4. The Morgan fingerprint density at radius 1 is 1.33 bits per heavy atom. The number of hydrogen-bond acceptors (Lipinski definition) is 14. The highest BCUT2D eigenvalue weighted by Crippen LogP contribution is 2.70. The molecule has 4 rings (SSSR count). The Morgan fingerprint density at radius 2 is 2.09 bits per heavy atom. The number of imidazole rings is 1. The van der Waals surface area contributed by atoms with Gasteiger partial charge in [0.1, 0.15) is 17.7 Å². The van der Waals surface area contributed by atoms with Crippen molar-refractivity contribution in [3.05, 3.63) is 11.6 Å². The molecule has 2 unspecified atom stereocenters. The maximum Gasteiger partial charge on any atom is 0.509 e. The van der Waals surface area contributed by atoms with Gasteiger partial charge >= 0.3 is 8.03 Å². The summed E-state index contributed by atoms with van der Waals surface area (Å²) >= 11 is 7.21. The first-order valence-electron chi connectivity index (χ1n) is 9.81. The normalized spacial score (nSPS) is 29.9. The van der Waals surface area contributed by atoms with Gasteiger partial charge in [-0.1, -0.05) is 21.6 Å². The van der Waals surface area contributed by atoms with E-state index in [2.05, 4.69) is 15.0 Å². The highest BCUT2D eigenvalue weighted by molar-refractivity contribution is 8.74. The van der Waals surface area contributed by atoms with Crippen LogP contribution in [-0.2, 0) is 9.09 Å². The van der Waals surface area contributed by atoms with E-state index < -0.39 is 31.7 Å². The molecular weight excluding hydrogens is 553 g/mol. The van der Waals surface area contributed by atoms with Crippen LogP contribution in [0.25, 0.3) is 11.2 Å². The van der Waals surface area contributed by atoms with Crippen molar-refractivity contribution in [3.8, 4) is 0 Å². The third-order valence-electron chi connectivity index (χ3n) is 6.17. The minimum Gasteiger partial charge on any atom is -0.390 e. The smallest absolute Gasteiger partial charge is 0.390 e. The van der Waals surface area contributed by atoms with E-state index in [9.17, 15) is 14.8 Å². The number of aromatic nitrogens is 4. The van der Waals surface area contributed by atoms with Crippen LogP contribution in [0.15, 0.2) is 6.33 Å². The summed E-state index contributed by atoms with van der Waals surface area (Å²) in [6, 6.07) is -0.533. The van der Waals surface area contributed by atoms with Gasteiger partial charge in [0.2, 0.25) is 5.28 Å². The first-order valence-corrected chi connectivity index (χ1v) is 16.1. The van der Waals surface area contributed by atoms with Gasteiger partial charge in [-0.3, -0.25) is 0 Å². The van der Waals surface area contributed by atoms with Crippen LogP contribution < -0.4 is 5.73 Å². The molecule has 2 aromatic heterocycles. The molecule has 11 nitrogen and oxygen atoms in total. The van der Waals surface area contributed by atoms with Crippen molar-refractivity contribution in [1.29, 1.82) is 0 Å². The summed E-state index contributed by atoms with van der Waals surface area (Å²) in [6.45, 7) is 0. The maximum atomic E-state index is 12.9. The Balaban J connectivity index is 1.48. The van der Waals surface area contributed by atoms with Crippen LogP contribution in [-0.4, -0.2) is 74.8 Å². The first kappa shape index (κ1) is 26.0. The monoisotopic (exact) mass is 574 g/mol. The lowest BCUT2D eigenvalue weighted by molar-refractivity contribution is -0.0133. The number of rotatable bonds is 12. The SMILES string of the molecule is Nc1nc(Cl)nc2c1ncn2[C@H]1[C@H](O)[C@H](O)[C@@]2(C[P+](=O)OC(CCSSO)CSSO)C[C@H]12. The zero-order valence-corrected chi connectivity index (χ0v) is 21.8. The summed E-state index contributed by atoms with van der Waals surface area (Å²) in [5.74, 6) is 0.980. The summed E-state index contributed by atoms with van der Waals surface area (Å²) in [7, 11) is 0.289. The predicted octanol–water partition coefficient (Wildman–Crippen LogP) is 3.57. The van der Waals surface area contributed by atoms with Crippen molar-refractivity contribution in [3.63, 3.8) is 0 Å². The highest BCUT2D eigenvalue weighted by Gasteiger charge is 2.74. The number of nitrogens with two attached hydrogens (primary N) is 1. The van der Waals surface area contributed by atoms with E-state index in [-0.39, 0.29) is 29.3 Å². The zero-order chi connectivity index (χ0) is 23.8. The summed E-state index contributed by atoms with van der Waals surface area (Å²) in [5.41, 5.74) is 5.86. The Kier molecular flexibility index (Phi) is 8.60. The lowest BCUT2D eigenvalue weighted by Gasteiger charge is -2.23. The Labute approximate surface area is 211 Å². The van der Waals surface area contributed by atoms with E-state index in [4.69, 9.17) is 31.0 Å². The zero-order valence-electron chi connectivity index (χ0n) is 16.9. The van der Waals surface area contributed by atoms with Crippen LogP contribution in [0.1, 0.15) is 18.9 Å². The quantitative estimate of drug-likeness (QED) is 0.0816. The first-order chi connectivity index (χ1) is 15.8. The van der Waals surface area contributed by atoms with Crippen LogP contribution in [0.5, 0.6) is 0 Å². The molecule has 6 N–H and O–H groups in total. The van der Waals surface area contributed by atoms with Gasteiger partial charge in [0.05, 0.1) is 46.0 Å². The lowest BCUT2D eigenvalue weighted by atomic mass is 10.0. The molecule has 0 aromatic carbocycles. The number of nitrogen functional groups attached to an aromatic ring is 1. The standard InChI is InChI=1S/C16H21ClN5O6PS4/c17-15-20-13(18)9-14(21-15)22(6-19-9)10-8-3-16(8,12(24)11(10)23)5-29(25)28-7(4-31-33-27)1-2-30-32-26/h6-8,10-12,23-24H,1-5H2,(H3-,18,20,21,26,27)/p+1/t7?,8-,10-,11+,12+,16-/m1/s1. The molecule has 0 amide bonds. The molecule has 2 saturated carbocycles. The average Bonchev–Trinajstić information content (AvgIpc) is 3.24. The second-order valence-electron chi connectivity index (χ2n) is 7.93. The number of aliphatic hydroxyl groups is 2. The molecular formula is C16H22ClN5O6PS4+. The maximum absolute atomic E-state index is 12.9. The molecule has 0 spiro atoms. The molecule has 2 aromatic rings. The van der Waals surface area contributed by atoms with E-state index in [1.165, 1.54) is 27.9 Å². The second kappa shape index (κ2) is 10.9. The number of fused-ring (bicyclic) bond motifs is 2. The van der Waals surface area contributed by atoms with Crippen molar-refractivity contribution in [2.24, 2.45) is 11.3 Å². The molecule has 182 valence electrons. The molecule has 2 aliphatic carbocycles. The molecule has 0 aliphatic heterocycles. The fourth-order valence-corrected chi connectivity index (χ4v) is 8.53. The molecule has 33 heavy (non-hydrogen) atoms. The molecule has 0 radical (unpaired) electrons. The summed E-state index contributed by atoms with van der Waals surface area (Å²) in [6.07, 6.45) is 0.108. The fraction of sp³-hybridized carbons (Fsp3) is 0.688. The Morgan fingerprint density at radius 3 is 2.82 bits per heavy atom. The van der Waals surface area contributed by atoms with Gasteiger partial charge in [-0.2, -0.15) is 9.97 Å². The van der Waals surface area contributed by atoms with Crippen molar-refractivity contribution < 1.29 is 28.4 Å². The highest BCUT2D eigenvalue weighted by atomic mass is 35.5. The van der Waals surface area contributed by atoms with E-state index in [1.807, 2.05) is 0 Å². The van der Waals surface area contributed by atoms with E-state index in [0.29, 0.717) is 57.7 Å². The van der Waals surface area contributed by atoms with Gasteiger partial charge in [0.15, 0.2) is 17.6 Å². The molecule has 2 heterocycles. The van der Waals surface area contributed by atoms with Crippen molar-refractivity contribution in [1.82, 2.24) is 19.5 Å². The van der Waals surface area contributed by atoms with Crippen LogP contribution in [0.3, 0.4) is 0 Å². The van der Waals surface area contributed by atoms with Gasteiger partial charge in [-0.25, -0.2) is 4.98 Å². The summed E-state index contributed by atoms with van der Waals surface area (Å²) in [4.78, 5) is 12.3. The van der Waals surface area contributed by atoms with Crippen LogP contribution in [0.2, 0.25) is 5.28 Å². The molecule has 2 aliphatic rings. The number of aliphatic hydroxyl groups excluding tert-OH is 2. The van der Waals surface area contributed by atoms with Crippen LogP contribution in [0.4, 0.5) is 5.82 Å². The lowest BCUT2D eigenvalue weighted by Crippen LogP contribution is -2.35. The fourth-order valence-electron chi connectivity index (χ4n) is 4.61. The number of halogens is 1. The molecule has 0 bridgehead atoms. The molecule has 7 atom stereocenters. The molecule has 17 heteroatoms. The summed E-state index contributed by atoms with van der Waals surface area (Å²) in [5, 5.41) is 21.7. The van der Waals surface area contributed by atoms with Gasteiger partial charge < -0.3 is 29.6 Å². The predicted molar refractivity (Wildman–Crippen MR) is 134 cm³/mol. The minimum atomic E-state index is -2.14. The van der Waals surface area contributed by atoms with Gasteiger partial charge in [0.25, 0.3) is 0 Å².